The lowest BCUT2D eigenvalue weighted by atomic mass is 10.2. The standard InChI is InChI=1S/C15H19N3O4S/c1-18-8-7-16-15(18)23-10-11-5-6-12(21-11)14(19)17-22-13-4-2-3-9-20-13/h5-8,13H,2-4,9-10H2,1H3,(H,17,19)/t13-/m1/s1. The molecule has 0 unspecified atom stereocenters. The number of aryl methyl sites for hydroxylation is 1. The monoisotopic (exact) mass is 337 g/mol. The van der Waals surface area contributed by atoms with Gasteiger partial charge in [0.15, 0.2) is 17.2 Å². The van der Waals surface area contributed by atoms with Crippen molar-refractivity contribution in [3.05, 3.63) is 36.0 Å². The van der Waals surface area contributed by atoms with Crippen molar-refractivity contribution in [2.75, 3.05) is 6.61 Å². The molecule has 1 atom stereocenters. The Morgan fingerprint density at radius 3 is 3.17 bits per heavy atom. The molecule has 1 aliphatic rings. The number of hydroxylamine groups is 1. The molecule has 1 aliphatic heterocycles. The van der Waals surface area contributed by atoms with Crippen molar-refractivity contribution in [1.29, 1.82) is 0 Å². The van der Waals surface area contributed by atoms with Gasteiger partial charge in [-0.2, -0.15) is 0 Å². The predicted molar refractivity (Wildman–Crippen MR) is 83.6 cm³/mol. The van der Waals surface area contributed by atoms with Gasteiger partial charge in [0.25, 0.3) is 0 Å². The van der Waals surface area contributed by atoms with Crippen molar-refractivity contribution in [2.45, 2.75) is 36.5 Å². The molecule has 7 nitrogen and oxygen atoms in total. The van der Waals surface area contributed by atoms with Crippen LogP contribution in [0.5, 0.6) is 0 Å². The molecular formula is C15H19N3O4S. The Kier molecular flexibility index (Phi) is 5.37. The molecule has 0 bridgehead atoms. The van der Waals surface area contributed by atoms with Crippen LogP contribution in [0, 0.1) is 0 Å². The third kappa shape index (κ3) is 4.37. The molecule has 1 amide bonds. The Morgan fingerprint density at radius 2 is 2.43 bits per heavy atom. The SMILES string of the molecule is Cn1ccnc1SCc1ccc(C(=O)NO[C@@H]2CCCCO2)o1. The van der Waals surface area contributed by atoms with Crippen LogP contribution in [0.3, 0.4) is 0 Å². The fourth-order valence-corrected chi connectivity index (χ4v) is 3.00. The van der Waals surface area contributed by atoms with E-state index in [2.05, 4.69) is 10.5 Å². The quantitative estimate of drug-likeness (QED) is 0.644. The summed E-state index contributed by atoms with van der Waals surface area (Å²) in [5.41, 5.74) is 2.38. The third-order valence-electron chi connectivity index (χ3n) is 3.43. The van der Waals surface area contributed by atoms with Crippen LogP contribution in [-0.2, 0) is 22.4 Å². The fraction of sp³-hybridized carbons (Fsp3) is 0.467. The molecule has 2 aromatic rings. The number of nitrogens with one attached hydrogen (secondary N) is 1. The van der Waals surface area contributed by atoms with E-state index in [0.29, 0.717) is 18.1 Å². The first-order valence-corrected chi connectivity index (χ1v) is 8.47. The highest BCUT2D eigenvalue weighted by Gasteiger charge is 2.18. The lowest BCUT2D eigenvalue weighted by molar-refractivity contribution is -0.187. The van der Waals surface area contributed by atoms with Crippen LogP contribution < -0.4 is 5.48 Å². The van der Waals surface area contributed by atoms with Gasteiger partial charge in [0.2, 0.25) is 0 Å². The van der Waals surface area contributed by atoms with Crippen molar-refractivity contribution in [1.82, 2.24) is 15.0 Å². The molecule has 1 saturated heterocycles. The zero-order valence-electron chi connectivity index (χ0n) is 12.9. The number of furan rings is 1. The summed E-state index contributed by atoms with van der Waals surface area (Å²) in [5.74, 6) is 1.12. The number of aromatic nitrogens is 2. The van der Waals surface area contributed by atoms with E-state index in [4.69, 9.17) is 14.0 Å². The summed E-state index contributed by atoms with van der Waals surface area (Å²) in [6, 6.07) is 3.41. The minimum Gasteiger partial charge on any atom is -0.455 e. The van der Waals surface area contributed by atoms with E-state index in [-0.39, 0.29) is 12.1 Å². The Hall–Kier alpha value is -1.77. The van der Waals surface area contributed by atoms with Gasteiger partial charge in [0, 0.05) is 32.5 Å². The maximum absolute atomic E-state index is 12.0. The Balaban J connectivity index is 1.47. The molecule has 0 spiro atoms. The van der Waals surface area contributed by atoms with Crippen LogP contribution in [0.4, 0.5) is 0 Å². The second-order valence-corrected chi connectivity index (χ2v) is 6.16. The van der Waals surface area contributed by atoms with Crippen molar-refractivity contribution >= 4 is 17.7 Å². The average molecular weight is 337 g/mol. The fourth-order valence-electron chi connectivity index (χ4n) is 2.18. The number of hydrogen-bond donors (Lipinski definition) is 1. The van der Waals surface area contributed by atoms with Gasteiger partial charge in [-0.25, -0.2) is 15.3 Å². The third-order valence-corrected chi connectivity index (χ3v) is 4.51. The van der Waals surface area contributed by atoms with E-state index in [1.54, 1.807) is 30.1 Å². The lowest BCUT2D eigenvalue weighted by Crippen LogP contribution is -2.32. The molecule has 0 aromatic carbocycles. The number of carbonyl (C=O) groups excluding carboxylic acids is 1. The van der Waals surface area contributed by atoms with Gasteiger partial charge in [0.05, 0.1) is 5.75 Å². The van der Waals surface area contributed by atoms with Crippen LogP contribution in [0.15, 0.2) is 34.1 Å². The number of ether oxygens (including phenoxy) is 1. The van der Waals surface area contributed by atoms with Crippen LogP contribution in [0.1, 0.15) is 35.6 Å². The van der Waals surface area contributed by atoms with Gasteiger partial charge in [-0.05, 0) is 25.0 Å². The van der Waals surface area contributed by atoms with Crippen LogP contribution in [-0.4, -0.2) is 28.4 Å². The molecular weight excluding hydrogens is 318 g/mol. The van der Waals surface area contributed by atoms with Crippen LogP contribution in [0.2, 0.25) is 0 Å². The second-order valence-electron chi connectivity index (χ2n) is 5.22. The van der Waals surface area contributed by atoms with Crippen molar-refractivity contribution in [3.8, 4) is 0 Å². The topological polar surface area (TPSA) is 78.5 Å². The normalized spacial score (nSPS) is 18.0. The number of imidazole rings is 1. The Morgan fingerprint density at radius 1 is 1.52 bits per heavy atom. The van der Waals surface area contributed by atoms with Gasteiger partial charge in [-0.15, -0.1) is 0 Å². The summed E-state index contributed by atoms with van der Waals surface area (Å²) in [6.07, 6.45) is 6.10. The minimum atomic E-state index is -0.410. The van der Waals surface area contributed by atoms with Gasteiger partial charge < -0.3 is 13.7 Å². The van der Waals surface area contributed by atoms with Gasteiger partial charge in [-0.1, -0.05) is 11.8 Å². The first-order valence-electron chi connectivity index (χ1n) is 7.49. The van der Waals surface area contributed by atoms with E-state index >= 15 is 0 Å². The largest absolute Gasteiger partial charge is 0.455 e. The van der Waals surface area contributed by atoms with Gasteiger partial charge in [0.1, 0.15) is 5.76 Å². The number of hydrogen-bond acceptors (Lipinski definition) is 6. The Labute approximate surface area is 138 Å². The number of amides is 1. The molecule has 1 fully saturated rings. The average Bonchev–Trinajstić information content (AvgIpc) is 3.20. The van der Waals surface area contributed by atoms with Crippen LogP contribution >= 0.6 is 11.8 Å². The maximum Gasteiger partial charge on any atom is 0.310 e. The highest BCUT2D eigenvalue weighted by molar-refractivity contribution is 7.98. The molecule has 8 heteroatoms. The van der Waals surface area contributed by atoms with E-state index < -0.39 is 5.91 Å². The number of nitrogens with zero attached hydrogens (tertiary/aromatic N) is 2. The molecule has 2 aromatic heterocycles. The number of carbonyl (C=O) groups is 1. The molecule has 0 radical (unpaired) electrons. The molecule has 23 heavy (non-hydrogen) atoms. The summed E-state index contributed by atoms with van der Waals surface area (Å²) < 4.78 is 12.8. The smallest absolute Gasteiger partial charge is 0.310 e. The first kappa shape index (κ1) is 16.1. The number of thioether (sulfide) groups is 1. The molecule has 0 aliphatic carbocycles. The highest BCUT2D eigenvalue weighted by atomic mass is 32.2. The highest BCUT2D eigenvalue weighted by Crippen LogP contribution is 2.22. The summed E-state index contributed by atoms with van der Waals surface area (Å²) >= 11 is 1.54. The van der Waals surface area contributed by atoms with Crippen LogP contribution in [0.25, 0.3) is 0 Å². The van der Waals surface area contributed by atoms with Crippen molar-refractivity contribution in [3.63, 3.8) is 0 Å². The molecule has 3 heterocycles. The van der Waals surface area contributed by atoms with E-state index in [9.17, 15) is 4.79 Å². The number of rotatable bonds is 6. The molecule has 124 valence electrons. The summed E-state index contributed by atoms with van der Waals surface area (Å²) in [5, 5.41) is 0.894. The summed E-state index contributed by atoms with van der Waals surface area (Å²) in [6.45, 7) is 0.663. The lowest BCUT2D eigenvalue weighted by Gasteiger charge is -2.21. The van der Waals surface area contributed by atoms with Gasteiger partial charge >= 0.3 is 5.91 Å². The molecule has 1 N–H and O–H groups in total. The zero-order valence-corrected chi connectivity index (χ0v) is 13.7. The summed E-state index contributed by atoms with van der Waals surface area (Å²) in [7, 11) is 1.93. The van der Waals surface area contributed by atoms with E-state index in [0.717, 1.165) is 24.4 Å². The van der Waals surface area contributed by atoms with E-state index in [1.165, 1.54) is 0 Å². The Bertz CT molecular complexity index is 649. The molecule has 3 rings (SSSR count). The molecule has 0 saturated carbocycles. The summed E-state index contributed by atoms with van der Waals surface area (Å²) in [4.78, 5) is 21.4. The minimum absolute atomic E-state index is 0.219. The first-order chi connectivity index (χ1) is 11.2. The zero-order chi connectivity index (χ0) is 16.1. The van der Waals surface area contributed by atoms with Gasteiger partial charge in [-0.3, -0.25) is 4.79 Å². The van der Waals surface area contributed by atoms with Crippen molar-refractivity contribution in [2.24, 2.45) is 7.05 Å². The predicted octanol–water partition coefficient (Wildman–Crippen LogP) is 2.49. The van der Waals surface area contributed by atoms with Crippen molar-refractivity contribution < 1.29 is 18.8 Å². The maximum atomic E-state index is 12.0. The van der Waals surface area contributed by atoms with E-state index in [1.807, 2.05) is 17.8 Å². The second kappa shape index (κ2) is 7.67.